The number of carbonyl (C=O) groups excluding carboxylic acids is 1. The maximum atomic E-state index is 13.2. The Morgan fingerprint density at radius 2 is 1.67 bits per heavy atom. The highest BCUT2D eigenvalue weighted by Gasteiger charge is 2.48. The van der Waals surface area contributed by atoms with Gasteiger partial charge in [-0.25, -0.2) is 28.6 Å². The highest BCUT2D eigenvalue weighted by molar-refractivity contribution is 7.66. The summed E-state index contributed by atoms with van der Waals surface area (Å²) in [5, 5.41) is 13.8. The largest absolute Gasteiger partial charge is 0.497 e. The van der Waals surface area contributed by atoms with Crippen LogP contribution in [0, 0.1) is 0 Å². The molecule has 6 atom stereocenters. The third kappa shape index (κ3) is 7.93. The number of phosphoric acid groups is 3. The number of aliphatic hydroxyl groups excluding tert-OH is 1. The molecule has 0 saturated carbocycles. The molecule has 1 aliphatic heterocycles. The number of nitrogens with zero attached hydrogens (tertiary/aromatic N) is 4. The van der Waals surface area contributed by atoms with Gasteiger partial charge in [-0.2, -0.15) is 8.62 Å². The number of nitrogen functional groups attached to an aromatic ring is 1. The maximum Gasteiger partial charge on any atom is 0.490 e. The fourth-order valence-electron chi connectivity index (χ4n) is 3.99. The SMILES string of the molecule is COc1cc(OC)cc(C(=O)NC2C(O)[C@H](n3cnc4c(N)ncnc43)O[C@@H]2COP(=O)(O)OP(=O)(O)OP(=O)(O)O)c1. The number of methoxy groups -OCH3 is 2. The zero-order valence-electron chi connectivity index (χ0n) is 21.9. The number of hydrogen-bond donors (Lipinski definition) is 7. The van der Waals surface area contributed by atoms with Gasteiger partial charge in [0.25, 0.3) is 5.91 Å². The molecule has 24 heteroatoms. The number of nitrogens with two attached hydrogens (primary N) is 1. The summed E-state index contributed by atoms with van der Waals surface area (Å²) in [5.74, 6) is -0.248. The standard InChI is InChI=1S/C19H25N6O15P3/c1-35-10-3-9(4-11(5-10)36-2)18(27)24-13-12(6-37-42(31,32)40-43(33,34)39-41(28,29)30)38-19(15(13)26)25-8-23-14-16(20)21-7-22-17(14)25/h3-5,7-8,12-13,15,19,26H,6H2,1-2H3,(H,24,27)(H,31,32)(H,33,34)(H2,20,21,22)(H2,28,29,30)/t12-,13?,15?,19-/m1/s1. The van der Waals surface area contributed by atoms with E-state index in [1.54, 1.807) is 0 Å². The number of benzene rings is 1. The van der Waals surface area contributed by atoms with Gasteiger partial charge in [0.1, 0.15) is 35.6 Å². The molecule has 236 valence electrons. The van der Waals surface area contributed by atoms with Crippen molar-refractivity contribution in [2.24, 2.45) is 0 Å². The summed E-state index contributed by atoms with van der Waals surface area (Å²) in [6.07, 6.45) is -2.11. The summed E-state index contributed by atoms with van der Waals surface area (Å²) in [6, 6.07) is 2.82. The van der Waals surface area contributed by atoms with E-state index in [-0.39, 0.29) is 34.0 Å². The number of amides is 1. The van der Waals surface area contributed by atoms with Crippen molar-refractivity contribution < 1.29 is 70.5 Å². The average molecular weight is 670 g/mol. The Morgan fingerprint density at radius 3 is 2.28 bits per heavy atom. The predicted octanol–water partition coefficient (Wildman–Crippen LogP) is -0.174. The second kappa shape index (κ2) is 12.5. The topological polar surface area (TPSA) is 306 Å². The van der Waals surface area contributed by atoms with E-state index in [0.717, 1.165) is 6.33 Å². The third-order valence-corrected chi connectivity index (χ3v) is 9.57. The second-order valence-electron chi connectivity index (χ2n) is 8.63. The van der Waals surface area contributed by atoms with Crippen LogP contribution in [0.1, 0.15) is 16.6 Å². The molecule has 3 heterocycles. The number of aromatic nitrogens is 4. The van der Waals surface area contributed by atoms with Gasteiger partial charge in [-0.05, 0) is 12.1 Å². The molecule has 2 aromatic heterocycles. The molecule has 1 amide bonds. The lowest BCUT2D eigenvalue weighted by atomic mass is 10.1. The molecule has 4 rings (SSSR count). The lowest BCUT2D eigenvalue weighted by molar-refractivity contribution is -0.0483. The van der Waals surface area contributed by atoms with Crippen molar-refractivity contribution in [2.75, 3.05) is 26.6 Å². The minimum Gasteiger partial charge on any atom is -0.497 e. The van der Waals surface area contributed by atoms with E-state index in [0.29, 0.717) is 0 Å². The summed E-state index contributed by atoms with van der Waals surface area (Å²) in [4.78, 5) is 61.9. The highest BCUT2D eigenvalue weighted by Crippen LogP contribution is 2.66. The summed E-state index contributed by atoms with van der Waals surface area (Å²) in [5.41, 5.74) is 6.11. The normalized spacial score (nSPS) is 23.4. The van der Waals surface area contributed by atoms with Crippen molar-refractivity contribution in [3.63, 3.8) is 0 Å². The maximum absolute atomic E-state index is 13.2. The first-order valence-corrected chi connectivity index (χ1v) is 16.1. The van der Waals surface area contributed by atoms with Crippen molar-refractivity contribution in [2.45, 2.75) is 24.5 Å². The van der Waals surface area contributed by atoms with Crippen molar-refractivity contribution in [3.05, 3.63) is 36.4 Å². The molecule has 4 unspecified atom stereocenters. The van der Waals surface area contributed by atoms with Crippen LogP contribution in [-0.2, 0) is 31.6 Å². The Balaban J connectivity index is 1.61. The Labute approximate surface area is 241 Å². The number of imidazole rings is 1. The first kappa shape index (κ1) is 32.9. The van der Waals surface area contributed by atoms with Gasteiger partial charge in [-0.3, -0.25) is 13.9 Å². The average Bonchev–Trinajstić information content (AvgIpc) is 3.46. The van der Waals surface area contributed by atoms with E-state index in [4.69, 9.17) is 34.3 Å². The molecule has 1 aliphatic rings. The van der Waals surface area contributed by atoms with Crippen molar-refractivity contribution >= 4 is 46.4 Å². The molecule has 1 saturated heterocycles. The Bertz CT molecular complexity index is 1630. The number of rotatable bonds is 12. The summed E-state index contributed by atoms with van der Waals surface area (Å²) >= 11 is 0. The van der Waals surface area contributed by atoms with Crippen LogP contribution in [0.4, 0.5) is 5.82 Å². The second-order valence-corrected chi connectivity index (χ2v) is 13.0. The fraction of sp³-hybridized carbons (Fsp3) is 0.368. The van der Waals surface area contributed by atoms with Crippen molar-refractivity contribution in [3.8, 4) is 11.5 Å². The summed E-state index contributed by atoms with van der Waals surface area (Å²) < 4.78 is 64.4. The number of aliphatic hydroxyl groups is 1. The van der Waals surface area contributed by atoms with Gasteiger partial charge >= 0.3 is 23.5 Å². The van der Waals surface area contributed by atoms with E-state index in [9.17, 15) is 33.4 Å². The van der Waals surface area contributed by atoms with Gasteiger partial charge in [0.15, 0.2) is 17.7 Å². The third-order valence-electron chi connectivity index (χ3n) is 5.77. The number of fused-ring (bicyclic) bond motifs is 1. The van der Waals surface area contributed by atoms with Crippen LogP contribution in [0.3, 0.4) is 0 Å². The lowest BCUT2D eigenvalue weighted by Gasteiger charge is -2.23. The highest BCUT2D eigenvalue weighted by atomic mass is 31.3. The monoisotopic (exact) mass is 670 g/mol. The van der Waals surface area contributed by atoms with Crippen LogP contribution in [-0.4, -0.2) is 89.2 Å². The number of phosphoric ester groups is 1. The minimum atomic E-state index is -5.81. The Morgan fingerprint density at radius 1 is 1.02 bits per heavy atom. The number of anilines is 1. The molecule has 0 radical (unpaired) electrons. The smallest absolute Gasteiger partial charge is 0.490 e. The molecule has 0 aliphatic carbocycles. The van der Waals surface area contributed by atoms with E-state index in [1.807, 2.05) is 0 Å². The quantitative estimate of drug-likeness (QED) is 0.123. The number of ether oxygens (including phenoxy) is 3. The van der Waals surface area contributed by atoms with Crippen LogP contribution in [0.2, 0.25) is 0 Å². The predicted molar refractivity (Wildman–Crippen MR) is 140 cm³/mol. The number of carbonyl (C=O) groups is 1. The summed E-state index contributed by atoms with van der Waals surface area (Å²) in [6.45, 7) is -0.993. The molecule has 1 aromatic carbocycles. The summed E-state index contributed by atoms with van der Waals surface area (Å²) in [7, 11) is -14.3. The van der Waals surface area contributed by atoms with Crippen molar-refractivity contribution in [1.82, 2.24) is 24.8 Å². The van der Waals surface area contributed by atoms with E-state index in [1.165, 1.54) is 43.3 Å². The molecular formula is C19H25N6O15P3. The molecular weight excluding hydrogens is 645 g/mol. The van der Waals surface area contributed by atoms with Gasteiger partial charge in [0.2, 0.25) is 0 Å². The number of hydrogen-bond acceptors (Lipinski definition) is 15. The van der Waals surface area contributed by atoms with Gasteiger partial charge in [0.05, 0.1) is 33.2 Å². The molecule has 8 N–H and O–H groups in total. The molecule has 1 fully saturated rings. The molecule has 0 spiro atoms. The van der Waals surface area contributed by atoms with Gasteiger partial charge < -0.3 is 49.9 Å². The first-order chi connectivity index (χ1) is 20.0. The molecule has 0 bridgehead atoms. The van der Waals surface area contributed by atoms with Gasteiger partial charge in [-0.1, -0.05) is 0 Å². The Hall–Kier alpha value is -3.03. The zero-order valence-corrected chi connectivity index (χ0v) is 24.6. The van der Waals surface area contributed by atoms with E-state index in [2.05, 4.69) is 28.9 Å². The van der Waals surface area contributed by atoms with Crippen LogP contribution >= 0.6 is 23.5 Å². The van der Waals surface area contributed by atoms with Gasteiger partial charge in [-0.15, -0.1) is 0 Å². The molecule has 21 nitrogen and oxygen atoms in total. The van der Waals surface area contributed by atoms with Crippen LogP contribution in [0.5, 0.6) is 11.5 Å². The van der Waals surface area contributed by atoms with Crippen molar-refractivity contribution in [1.29, 1.82) is 0 Å². The lowest BCUT2D eigenvalue weighted by Crippen LogP contribution is -2.48. The fourth-order valence-corrected chi connectivity index (χ4v) is 7.02. The number of nitrogens with one attached hydrogen (secondary N) is 1. The Kier molecular flexibility index (Phi) is 9.58. The van der Waals surface area contributed by atoms with E-state index < -0.39 is 60.5 Å². The zero-order chi connectivity index (χ0) is 31.7. The van der Waals surface area contributed by atoms with Crippen LogP contribution < -0.4 is 20.5 Å². The van der Waals surface area contributed by atoms with E-state index >= 15 is 0 Å². The minimum absolute atomic E-state index is 0.0114. The van der Waals surface area contributed by atoms with Crippen LogP contribution in [0.15, 0.2) is 30.9 Å². The van der Waals surface area contributed by atoms with Gasteiger partial charge in [0, 0.05) is 11.6 Å². The molecule has 43 heavy (non-hydrogen) atoms. The van der Waals surface area contributed by atoms with Crippen LogP contribution in [0.25, 0.3) is 11.2 Å². The first-order valence-electron chi connectivity index (χ1n) is 11.6. The molecule has 3 aromatic rings.